The molecule has 0 aromatic carbocycles. The van der Waals surface area contributed by atoms with Crippen LogP contribution in [0.2, 0.25) is 0 Å². The molecule has 4 fully saturated rings. The summed E-state index contributed by atoms with van der Waals surface area (Å²) in [6.07, 6.45) is 6.53. The number of carbonyl (C=O) groups is 1. The maximum atomic E-state index is 12.5. The van der Waals surface area contributed by atoms with E-state index in [9.17, 15) is 4.79 Å². The van der Waals surface area contributed by atoms with Gasteiger partial charge in [0.05, 0.1) is 38.5 Å². The zero-order chi connectivity index (χ0) is 19.6. The van der Waals surface area contributed by atoms with Gasteiger partial charge in [0.25, 0.3) is 0 Å². The number of carbonyl (C=O) groups excluding carboxylic acids is 1. The van der Waals surface area contributed by atoms with Crippen LogP contribution in [-0.4, -0.2) is 84.7 Å². The smallest absolute Gasteiger partial charge is 0.317 e. The highest BCUT2D eigenvalue weighted by molar-refractivity contribution is 5.74. The first-order chi connectivity index (χ1) is 14.3. The largest absolute Gasteiger partial charge is 0.378 e. The van der Waals surface area contributed by atoms with Gasteiger partial charge in [-0.3, -0.25) is 0 Å². The van der Waals surface area contributed by atoms with E-state index in [-0.39, 0.29) is 30.3 Å². The Balaban J connectivity index is 1.18. The fraction of sp³-hybridized carbons (Fsp3) is 0.750. The fourth-order valence-corrected chi connectivity index (χ4v) is 4.82. The summed E-state index contributed by atoms with van der Waals surface area (Å²) >= 11 is 0. The standard InChI is InChI=1S/C20H29N5O4/c26-20(25-7-9-27-10-8-25)24-16-12-29-17-15(11-28-18(16)17)23-19-21-6-5-14(22-19)13-3-1-2-4-13/h5-6,13,15-18H,1-4,7-12H2,(H,24,26)(H,21,22,23)/t15-,16+,17-,18+/m1/s1. The lowest BCUT2D eigenvalue weighted by Gasteiger charge is -2.29. The monoisotopic (exact) mass is 403 g/mol. The second-order valence-corrected chi connectivity index (χ2v) is 8.29. The summed E-state index contributed by atoms with van der Waals surface area (Å²) in [6, 6.07) is 1.78. The first-order valence-corrected chi connectivity index (χ1v) is 10.7. The van der Waals surface area contributed by atoms with Crippen LogP contribution < -0.4 is 10.6 Å². The maximum absolute atomic E-state index is 12.5. The van der Waals surface area contributed by atoms with Crippen molar-refractivity contribution < 1.29 is 19.0 Å². The van der Waals surface area contributed by atoms with Crippen LogP contribution in [0.15, 0.2) is 12.3 Å². The highest BCUT2D eigenvalue weighted by atomic mass is 16.6. The fourth-order valence-electron chi connectivity index (χ4n) is 4.82. The van der Waals surface area contributed by atoms with Gasteiger partial charge in [-0.05, 0) is 18.9 Å². The van der Waals surface area contributed by atoms with E-state index in [1.165, 1.54) is 25.7 Å². The van der Waals surface area contributed by atoms with Crippen molar-refractivity contribution >= 4 is 12.0 Å². The Morgan fingerprint density at radius 3 is 2.59 bits per heavy atom. The van der Waals surface area contributed by atoms with Crippen molar-refractivity contribution in [2.45, 2.75) is 55.9 Å². The third-order valence-corrected chi connectivity index (χ3v) is 6.43. The Hall–Kier alpha value is -1.97. The third kappa shape index (κ3) is 4.04. The molecule has 158 valence electrons. The molecule has 1 aliphatic carbocycles. The van der Waals surface area contributed by atoms with Crippen molar-refractivity contribution in [2.24, 2.45) is 0 Å². The van der Waals surface area contributed by atoms with Gasteiger partial charge < -0.3 is 29.7 Å². The summed E-state index contributed by atoms with van der Waals surface area (Å²) in [4.78, 5) is 23.4. The van der Waals surface area contributed by atoms with E-state index < -0.39 is 0 Å². The van der Waals surface area contributed by atoms with Crippen LogP contribution in [-0.2, 0) is 14.2 Å². The van der Waals surface area contributed by atoms with Crippen LogP contribution in [0.1, 0.15) is 37.3 Å². The number of amides is 2. The number of nitrogens with one attached hydrogen (secondary N) is 2. The van der Waals surface area contributed by atoms with E-state index in [1.807, 2.05) is 12.3 Å². The van der Waals surface area contributed by atoms with Crippen LogP contribution >= 0.6 is 0 Å². The Morgan fingerprint density at radius 1 is 1.07 bits per heavy atom. The van der Waals surface area contributed by atoms with E-state index in [1.54, 1.807) is 4.90 Å². The van der Waals surface area contributed by atoms with Crippen molar-refractivity contribution in [3.63, 3.8) is 0 Å². The Morgan fingerprint density at radius 2 is 1.79 bits per heavy atom. The number of urea groups is 1. The minimum Gasteiger partial charge on any atom is -0.378 e. The topological polar surface area (TPSA) is 97.8 Å². The number of nitrogens with zero attached hydrogens (tertiary/aromatic N) is 3. The molecular formula is C20H29N5O4. The van der Waals surface area contributed by atoms with Gasteiger partial charge in [0.1, 0.15) is 12.2 Å². The van der Waals surface area contributed by atoms with Gasteiger partial charge in [0, 0.05) is 30.9 Å². The quantitative estimate of drug-likeness (QED) is 0.777. The molecule has 9 nitrogen and oxygen atoms in total. The highest BCUT2D eigenvalue weighted by Gasteiger charge is 2.48. The van der Waals surface area contributed by atoms with E-state index in [0.29, 0.717) is 51.4 Å². The molecule has 0 unspecified atom stereocenters. The number of fused-ring (bicyclic) bond motifs is 1. The molecule has 2 N–H and O–H groups in total. The minimum atomic E-state index is -0.157. The lowest BCUT2D eigenvalue weighted by molar-refractivity contribution is 0.0485. The SMILES string of the molecule is O=C(N[C@H]1CO[C@H]2[C@H]1OC[C@H]2Nc1nccc(C2CCCC2)n1)N1CCOCC1. The summed E-state index contributed by atoms with van der Waals surface area (Å²) in [6.45, 7) is 3.37. The average molecular weight is 403 g/mol. The number of hydrogen-bond donors (Lipinski definition) is 2. The maximum Gasteiger partial charge on any atom is 0.317 e. The number of anilines is 1. The highest BCUT2D eigenvalue weighted by Crippen LogP contribution is 2.33. The zero-order valence-corrected chi connectivity index (χ0v) is 16.6. The predicted molar refractivity (Wildman–Crippen MR) is 105 cm³/mol. The molecule has 1 aromatic rings. The molecule has 5 rings (SSSR count). The molecule has 4 atom stereocenters. The van der Waals surface area contributed by atoms with Gasteiger partial charge in [0.15, 0.2) is 0 Å². The van der Waals surface area contributed by atoms with Gasteiger partial charge in [-0.15, -0.1) is 0 Å². The molecule has 4 heterocycles. The molecule has 1 aromatic heterocycles. The molecule has 3 saturated heterocycles. The normalized spacial score (nSPS) is 32.3. The second-order valence-electron chi connectivity index (χ2n) is 8.29. The molecule has 0 bridgehead atoms. The van der Waals surface area contributed by atoms with Crippen molar-refractivity contribution in [2.75, 3.05) is 44.8 Å². The van der Waals surface area contributed by atoms with Crippen molar-refractivity contribution in [1.82, 2.24) is 20.2 Å². The van der Waals surface area contributed by atoms with Crippen LogP contribution in [0.3, 0.4) is 0 Å². The van der Waals surface area contributed by atoms with E-state index in [4.69, 9.17) is 19.2 Å². The summed E-state index contributed by atoms with van der Waals surface area (Å²) in [7, 11) is 0. The summed E-state index contributed by atoms with van der Waals surface area (Å²) < 4.78 is 17.3. The van der Waals surface area contributed by atoms with Crippen LogP contribution in [0.5, 0.6) is 0 Å². The molecule has 29 heavy (non-hydrogen) atoms. The first-order valence-electron chi connectivity index (χ1n) is 10.7. The number of hydrogen-bond acceptors (Lipinski definition) is 7. The van der Waals surface area contributed by atoms with Crippen LogP contribution in [0.4, 0.5) is 10.7 Å². The number of aromatic nitrogens is 2. The Bertz CT molecular complexity index is 723. The number of morpholine rings is 1. The van der Waals surface area contributed by atoms with Gasteiger partial charge >= 0.3 is 6.03 Å². The van der Waals surface area contributed by atoms with Crippen molar-refractivity contribution in [1.29, 1.82) is 0 Å². The third-order valence-electron chi connectivity index (χ3n) is 6.43. The van der Waals surface area contributed by atoms with Crippen molar-refractivity contribution in [3.8, 4) is 0 Å². The second kappa shape index (κ2) is 8.41. The molecule has 0 spiro atoms. The lowest BCUT2D eigenvalue weighted by Crippen LogP contribution is -2.52. The summed E-state index contributed by atoms with van der Waals surface area (Å²) in [5, 5.41) is 6.47. The van der Waals surface area contributed by atoms with Crippen molar-refractivity contribution in [3.05, 3.63) is 18.0 Å². The number of rotatable bonds is 4. The first kappa shape index (κ1) is 19.0. The summed E-state index contributed by atoms with van der Waals surface area (Å²) in [5.41, 5.74) is 1.12. The minimum absolute atomic E-state index is 0.0240. The summed E-state index contributed by atoms with van der Waals surface area (Å²) in [5.74, 6) is 1.18. The lowest BCUT2D eigenvalue weighted by atomic mass is 10.0. The van der Waals surface area contributed by atoms with Gasteiger partial charge in [-0.2, -0.15) is 0 Å². The Kier molecular flexibility index (Phi) is 5.52. The van der Waals surface area contributed by atoms with Crippen LogP contribution in [0.25, 0.3) is 0 Å². The van der Waals surface area contributed by atoms with E-state index in [2.05, 4.69) is 15.6 Å². The van der Waals surface area contributed by atoms with E-state index in [0.717, 1.165) is 5.69 Å². The van der Waals surface area contributed by atoms with Gasteiger partial charge in [0.2, 0.25) is 5.95 Å². The molecular weight excluding hydrogens is 374 g/mol. The van der Waals surface area contributed by atoms with Crippen LogP contribution in [0, 0.1) is 0 Å². The molecule has 0 radical (unpaired) electrons. The zero-order valence-electron chi connectivity index (χ0n) is 16.6. The molecule has 9 heteroatoms. The molecule has 1 saturated carbocycles. The average Bonchev–Trinajstić information content (AvgIpc) is 3.49. The van der Waals surface area contributed by atoms with E-state index >= 15 is 0 Å². The van der Waals surface area contributed by atoms with Gasteiger partial charge in [-0.25, -0.2) is 14.8 Å². The predicted octanol–water partition coefficient (Wildman–Crippen LogP) is 1.12. The molecule has 3 aliphatic heterocycles. The van der Waals surface area contributed by atoms with Gasteiger partial charge in [-0.1, -0.05) is 12.8 Å². The number of ether oxygens (including phenoxy) is 3. The Labute approximate surface area is 170 Å². The molecule has 2 amide bonds. The molecule has 4 aliphatic rings.